The van der Waals surface area contributed by atoms with E-state index < -0.39 is 0 Å². The van der Waals surface area contributed by atoms with Crippen LogP contribution in [-0.4, -0.2) is 12.2 Å². The number of epoxide rings is 1. The van der Waals surface area contributed by atoms with E-state index in [-0.39, 0.29) is 5.60 Å². The van der Waals surface area contributed by atoms with Crippen LogP contribution in [0.25, 0.3) is 5.57 Å². The Morgan fingerprint density at radius 2 is 2.06 bits per heavy atom. The number of ether oxygens (including phenoxy) is 1. The first-order valence-electron chi connectivity index (χ1n) is 7.04. The second-order valence-electron chi connectivity index (χ2n) is 5.41. The Bertz CT molecular complexity index is 452. The number of aryl methyl sites for hydroxylation is 1. The molecule has 1 aromatic carbocycles. The van der Waals surface area contributed by atoms with E-state index >= 15 is 0 Å². The fourth-order valence-electron chi connectivity index (χ4n) is 2.78. The fourth-order valence-corrected chi connectivity index (χ4v) is 2.78. The summed E-state index contributed by atoms with van der Waals surface area (Å²) in [5.74, 6) is 0. The molecule has 0 bridgehead atoms. The Labute approximate surface area is 111 Å². The second kappa shape index (κ2) is 5.27. The molecule has 0 spiro atoms. The van der Waals surface area contributed by atoms with Crippen LogP contribution in [0.2, 0.25) is 0 Å². The van der Waals surface area contributed by atoms with Crippen molar-refractivity contribution in [2.24, 2.45) is 0 Å². The number of hydrogen-bond acceptors (Lipinski definition) is 1. The Hall–Kier alpha value is -1.08. The molecule has 0 amide bonds. The van der Waals surface area contributed by atoms with Gasteiger partial charge in [-0.15, -0.1) is 0 Å². The minimum Gasteiger partial charge on any atom is -0.364 e. The predicted molar refractivity (Wildman–Crippen MR) is 77.7 cm³/mol. The van der Waals surface area contributed by atoms with E-state index in [1.54, 1.807) is 0 Å². The maximum absolute atomic E-state index is 5.86. The summed E-state index contributed by atoms with van der Waals surface area (Å²) in [6, 6.07) is 8.81. The average Bonchev–Trinajstić information content (AvgIpc) is 3.10. The van der Waals surface area contributed by atoms with Gasteiger partial charge in [0.1, 0.15) is 5.60 Å². The highest BCUT2D eigenvalue weighted by molar-refractivity contribution is 5.77. The average molecular weight is 244 g/mol. The van der Waals surface area contributed by atoms with Crippen LogP contribution in [0.4, 0.5) is 0 Å². The van der Waals surface area contributed by atoms with Crippen molar-refractivity contribution in [2.45, 2.75) is 52.6 Å². The summed E-state index contributed by atoms with van der Waals surface area (Å²) in [6.07, 6.45) is 3.40. The minimum atomic E-state index is 0.0165. The molecule has 0 N–H and O–H groups in total. The smallest absolute Gasteiger partial charge is 0.117 e. The Morgan fingerprint density at radius 3 is 2.56 bits per heavy atom. The first kappa shape index (κ1) is 13.4. The zero-order chi connectivity index (χ0) is 13.2. The van der Waals surface area contributed by atoms with Crippen LogP contribution >= 0.6 is 0 Å². The highest BCUT2D eigenvalue weighted by Crippen LogP contribution is 2.46. The quantitative estimate of drug-likeness (QED) is 0.681. The maximum Gasteiger partial charge on any atom is 0.117 e. The van der Waals surface area contributed by atoms with Crippen molar-refractivity contribution in [3.8, 4) is 0 Å². The maximum atomic E-state index is 5.86. The standard InChI is InChI=1S/C17H24O/c1-5-10-17(12-18-17)16(14(4)6-2)15-9-7-8-13(3)11-15/h7-9,11H,5-6,10,12H2,1-4H3/b16-14+/t17-/m0/s1. The molecule has 0 saturated carbocycles. The molecule has 0 aromatic heterocycles. The number of allylic oxidation sites excluding steroid dienone is 1. The third-order valence-corrected chi connectivity index (χ3v) is 3.87. The van der Waals surface area contributed by atoms with Gasteiger partial charge in [-0.25, -0.2) is 0 Å². The Morgan fingerprint density at radius 1 is 1.33 bits per heavy atom. The van der Waals surface area contributed by atoms with Gasteiger partial charge >= 0.3 is 0 Å². The lowest BCUT2D eigenvalue weighted by Crippen LogP contribution is -2.15. The van der Waals surface area contributed by atoms with Crippen LogP contribution in [0.3, 0.4) is 0 Å². The topological polar surface area (TPSA) is 12.5 Å². The predicted octanol–water partition coefficient (Wildman–Crippen LogP) is 4.75. The molecule has 1 aromatic rings. The summed E-state index contributed by atoms with van der Waals surface area (Å²) in [5.41, 5.74) is 5.59. The van der Waals surface area contributed by atoms with Crippen LogP contribution in [-0.2, 0) is 4.74 Å². The highest BCUT2D eigenvalue weighted by atomic mass is 16.6. The van der Waals surface area contributed by atoms with E-state index in [2.05, 4.69) is 52.0 Å². The fraction of sp³-hybridized carbons (Fsp3) is 0.529. The first-order valence-corrected chi connectivity index (χ1v) is 7.04. The van der Waals surface area contributed by atoms with Gasteiger partial charge in [0, 0.05) is 0 Å². The first-order chi connectivity index (χ1) is 8.63. The molecule has 1 heterocycles. The normalized spacial score (nSPS) is 23.8. The molecule has 1 saturated heterocycles. The summed E-state index contributed by atoms with van der Waals surface area (Å²) in [7, 11) is 0. The number of benzene rings is 1. The van der Waals surface area contributed by atoms with Gasteiger partial charge in [0.15, 0.2) is 0 Å². The molecule has 0 radical (unpaired) electrons. The SMILES string of the molecule is CCC[C@@]1(/C(=C(\C)CC)c2cccc(C)c2)CO1. The van der Waals surface area contributed by atoms with E-state index in [9.17, 15) is 0 Å². The third kappa shape index (κ3) is 2.51. The zero-order valence-electron chi connectivity index (χ0n) is 12.0. The largest absolute Gasteiger partial charge is 0.364 e. The summed E-state index contributed by atoms with van der Waals surface area (Å²) in [6.45, 7) is 9.76. The third-order valence-electron chi connectivity index (χ3n) is 3.87. The number of rotatable bonds is 5. The summed E-state index contributed by atoms with van der Waals surface area (Å²) in [5, 5.41) is 0. The van der Waals surface area contributed by atoms with Gasteiger partial charge in [-0.2, -0.15) is 0 Å². The van der Waals surface area contributed by atoms with Crippen molar-refractivity contribution in [3.05, 3.63) is 41.0 Å². The van der Waals surface area contributed by atoms with Crippen molar-refractivity contribution in [3.63, 3.8) is 0 Å². The van der Waals surface area contributed by atoms with Crippen molar-refractivity contribution in [1.82, 2.24) is 0 Å². The summed E-state index contributed by atoms with van der Waals surface area (Å²) < 4.78 is 5.86. The second-order valence-corrected chi connectivity index (χ2v) is 5.41. The van der Waals surface area contributed by atoms with Gasteiger partial charge in [0.25, 0.3) is 0 Å². The van der Waals surface area contributed by atoms with Crippen LogP contribution in [0.15, 0.2) is 29.8 Å². The monoisotopic (exact) mass is 244 g/mol. The molecule has 1 heteroatoms. The summed E-state index contributed by atoms with van der Waals surface area (Å²) in [4.78, 5) is 0. The van der Waals surface area contributed by atoms with Crippen LogP contribution in [0, 0.1) is 6.92 Å². The molecule has 1 aliphatic rings. The molecule has 18 heavy (non-hydrogen) atoms. The molecule has 1 nitrogen and oxygen atoms in total. The van der Waals surface area contributed by atoms with Crippen LogP contribution < -0.4 is 0 Å². The molecule has 1 atom stereocenters. The minimum absolute atomic E-state index is 0.0165. The van der Waals surface area contributed by atoms with Gasteiger partial charge in [-0.1, -0.05) is 55.7 Å². The molecule has 0 aliphatic carbocycles. The van der Waals surface area contributed by atoms with Crippen molar-refractivity contribution in [2.75, 3.05) is 6.61 Å². The van der Waals surface area contributed by atoms with Gasteiger partial charge < -0.3 is 4.74 Å². The lowest BCUT2D eigenvalue weighted by molar-refractivity contribution is 0.342. The Balaban J connectivity index is 2.45. The highest BCUT2D eigenvalue weighted by Gasteiger charge is 2.48. The lowest BCUT2D eigenvalue weighted by Gasteiger charge is -2.20. The molecule has 1 aliphatic heterocycles. The summed E-state index contributed by atoms with van der Waals surface area (Å²) >= 11 is 0. The zero-order valence-corrected chi connectivity index (χ0v) is 12.0. The molecule has 2 rings (SSSR count). The van der Waals surface area contributed by atoms with Gasteiger partial charge in [-0.3, -0.25) is 0 Å². The lowest BCUT2D eigenvalue weighted by atomic mass is 9.85. The van der Waals surface area contributed by atoms with E-state index in [1.165, 1.54) is 28.7 Å². The van der Waals surface area contributed by atoms with E-state index in [0.29, 0.717) is 0 Å². The van der Waals surface area contributed by atoms with Gasteiger partial charge in [0.05, 0.1) is 6.61 Å². The van der Waals surface area contributed by atoms with Gasteiger partial charge in [0.2, 0.25) is 0 Å². The Kier molecular flexibility index (Phi) is 3.91. The molecular formula is C17H24O. The van der Waals surface area contributed by atoms with E-state index in [0.717, 1.165) is 19.4 Å². The van der Waals surface area contributed by atoms with Crippen molar-refractivity contribution in [1.29, 1.82) is 0 Å². The molecule has 0 unspecified atom stereocenters. The molecule has 1 fully saturated rings. The van der Waals surface area contributed by atoms with Crippen LogP contribution in [0.5, 0.6) is 0 Å². The van der Waals surface area contributed by atoms with Gasteiger partial charge in [-0.05, 0) is 37.8 Å². The van der Waals surface area contributed by atoms with E-state index in [1.807, 2.05) is 0 Å². The molecular weight excluding hydrogens is 220 g/mol. The van der Waals surface area contributed by atoms with E-state index in [4.69, 9.17) is 4.74 Å². The van der Waals surface area contributed by atoms with Crippen molar-refractivity contribution < 1.29 is 4.74 Å². The van der Waals surface area contributed by atoms with Crippen LogP contribution in [0.1, 0.15) is 51.2 Å². The molecule has 98 valence electrons. The van der Waals surface area contributed by atoms with Crippen molar-refractivity contribution >= 4 is 5.57 Å². The number of hydrogen-bond donors (Lipinski definition) is 0.